The van der Waals surface area contributed by atoms with Crippen LogP contribution in [-0.2, 0) is 10.9 Å². The summed E-state index contributed by atoms with van der Waals surface area (Å²) in [4.78, 5) is 14.8. The average molecular weight is 289 g/mol. The van der Waals surface area contributed by atoms with Crippen LogP contribution in [-0.4, -0.2) is 22.9 Å². The first-order chi connectivity index (χ1) is 9.08. The lowest BCUT2D eigenvalue weighted by Crippen LogP contribution is -2.29. The number of rotatable bonds is 2. The molecule has 0 aliphatic rings. The molecular formula is C12H14F3N3O2. The molecule has 0 aliphatic heterocycles. The van der Waals surface area contributed by atoms with E-state index in [0.29, 0.717) is 6.20 Å². The molecule has 0 aromatic carbocycles. The summed E-state index contributed by atoms with van der Waals surface area (Å²) in [5.41, 5.74) is 0.741. The maximum atomic E-state index is 12.3. The van der Waals surface area contributed by atoms with E-state index in [2.05, 4.69) is 15.5 Å². The third-order valence-corrected chi connectivity index (χ3v) is 1.87. The number of alkyl halides is 3. The fraction of sp³-hybridized carbons (Fsp3) is 0.417. The standard InChI is InChI=1S/C12H14F3N3O2/c1-11(2,3)20-10(19)18-17-7-9-5-4-8(6-16-9)12(13,14)15/h4-7H,1-3H3,(H,18,19). The number of nitrogens with zero attached hydrogens (tertiary/aromatic N) is 2. The van der Waals surface area contributed by atoms with Gasteiger partial charge in [0.2, 0.25) is 0 Å². The van der Waals surface area contributed by atoms with Gasteiger partial charge in [0.25, 0.3) is 0 Å². The molecule has 1 aromatic heterocycles. The number of carbonyl (C=O) groups is 1. The number of aromatic nitrogens is 1. The van der Waals surface area contributed by atoms with Crippen LogP contribution in [0.15, 0.2) is 23.4 Å². The highest BCUT2D eigenvalue weighted by molar-refractivity contribution is 5.78. The first-order valence-corrected chi connectivity index (χ1v) is 5.63. The molecule has 0 unspecified atom stereocenters. The fourth-order valence-electron chi connectivity index (χ4n) is 1.10. The van der Waals surface area contributed by atoms with Gasteiger partial charge in [0, 0.05) is 6.20 Å². The average Bonchev–Trinajstić information content (AvgIpc) is 2.26. The van der Waals surface area contributed by atoms with Gasteiger partial charge in [-0.05, 0) is 32.9 Å². The Bertz CT molecular complexity index is 490. The highest BCUT2D eigenvalue weighted by Crippen LogP contribution is 2.28. The van der Waals surface area contributed by atoms with E-state index in [1.165, 1.54) is 0 Å². The molecule has 1 rings (SSSR count). The molecule has 0 spiro atoms. The van der Waals surface area contributed by atoms with Crippen molar-refractivity contribution in [3.05, 3.63) is 29.6 Å². The highest BCUT2D eigenvalue weighted by Gasteiger charge is 2.30. The van der Waals surface area contributed by atoms with E-state index in [1.807, 2.05) is 0 Å². The van der Waals surface area contributed by atoms with Gasteiger partial charge in [-0.1, -0.05) is 0 Å². The van der Waals surface area contributed by atoms with E-state index in [1.54, 1.807) is 20.8 Å². The lowest BCUT2D eigenvalue weighted by Gasteiger charge is -2.18. The van der Waals surface area contributed by atoms with E-state index in [0.717, 1.165) is 18.3 Å². The van der Waals surface area contributed by atoms with Crippen molar-refractivity contribution in [1.29, 1.82) is 0 Å². The second kappa shape index (κ2) is 5.89. The first-order valence-electron chi connectivity index (χ1n) is 5.63. The van der Waals surface area contributed by atoms with E-state index >= 15 is 0 Å². The largest absolute Gasteiger partial charge is 0.443 e. The molecule has 1 N–H and O–H groups in total. The van der Waals surface area contributed by atoms with Crippen molar-refractivity contribution in [2.75, 3.05) is 0 Å². The first kappa shape index (κ1) is 15.9. The van der Waals surface area contributed by atoms with Gasteiger partial charge in [-0.25, -0.2) is 10.2 Å². The monoisotopic (exact) mass is 289 g/mol. The van der Waals surface area contributed by atoms with E-state index in [9.17, 15) is 18.0 Å². The minimum atomic E-state index is -4.43. The Morgan fingerprint density at radius 1 is 1.35 bits per heavy atom. The SMILES string of the molecule is CC(C)(C)OC(=O)NN=Cc1ccc(C(F)(F)F)cn1. The summed E-state index contributed by atoms with van der Waals surface area (Å²) in [6, 6.07) is 2.02. The van der Waals surface area contributed by atoms with Gasteiger partial charge in [-0.2, -0.15) is 18.3 Å². The summed E-state index contributed by atoms with van der Waals surface area (Å²) < 4.78 is 41.8. The second-order valence-corrected chi connectivity index (χ2v) is 4.84. The van der Waals surface area contributed by atoms with Crippen molar-refractivity contribution < 1.29 is 22.7 Å². The minimum absolute atomic E-state index is 0.175. The zero-order chi connectivity index (χ0) is 15.4. The Labute approximate surface area is 113 Å². The Morgan fingerprint density at radius 3 is 2.45 bits per heavy atom. The third kappa shape index (κ3) is 5.68. The van der Waals surface area contributed by atoms with Gasteiger partial charge >= 0.3 is 12.3 Å². The molecule has 110 valence electrons. The third-order valence-electron chi connectivity index (χ3n) is 1.87. The minimum Gasteiger partial charge on any atom is -0.443 e. The van der Waals surface area contributed by atoms with Gasteiger partial charge in [0.1, 0.15) is 5.60 Å². The van der Waals surface area contributed by atoms with E-state index in [4.69, 9.17) is 4.74 Å². The Hall–Kier alpha value is -2.12. The highest BCUT2D eigenvalue weighted by atomic mass is 19.4. The Balaban J connectivity index is 2.57. The molecule has 0 atom stereocenters. The Kier molecular flexibility index (Phi) is 4.69. The number of ether oxygens (including phenoxy) is 1. The summed E-state index contributed by atoms with van der Waals surface area (Å²) in [5.74, 6) is 0. The summed E-state index contributed by atoms with van der Waals surface area (Å²) in [5, 5.41) is 3.52. The molecule has 8 heteroatoms. The Morgan fingerprint density at radius 2 is 2.00 bits per heavy atom. The van der Waals surface area contributed by atoms with E-state index in [-0.39, 0.29) is 5.69 Å². The van der Waals surface area contributed by atoms with Crippen molar-refractivity contribution in [3.63, 3.8) is 0 Å². The second-order valence-electron chi connectivity index (χ2n) is 4.84. The summed E-state index contributed by atoms with van der Waals surface area (Å²) in [6.45, 7) is 5.06. The van der Waals surface area contributed by atoms with Gasteiger partial charge in [0.15, 0.2) is 0 Å². The number of halogens is 3. The zero-order valence-electron chi connectivity index (χ0n) is 11.2. The van der Waals surface area contributed by atoms with Crippen molar-refractivity contribution in [1.82, 2.24) is 10.4 Å². The summed E-state index contributed by atoms with van der Waals surface area (Å²) in [7, 11) is 0. The summed E-state index contributed by atoms with van der Waals surface area (Å²) >= 11 is 0. The van der Waals surface area contributed by atoms with Crippen LogP contribution in [0, 0.1) is 0 Å². The summed E-state index contributed by atoms with van der Waals surface area (Å²) in [6.07, 6.45) is -3.39. The number of nitrogens with one attached hydrogen (secondary N) is 1. The van der Waals surface area contributed by atoms with Crippen LogP contribution in [0.4, 0.5) is 18.0 Å². The van der Waals surface area contributed by atoms with Crippen LogP contribution in [0.25, 0.3) is 0 Å². The van der Waals surface area contributed by atoms with E-state index < -0.39 is 23.4 Å². The van der Waals surface area contributed by atoms with Crippen LogP contribution in [0.2, 0.25) is 0 Å². The molecular weight excluding hydrogens is 275 g/mol. The predicted octanol–water partition coefficient (Wildman–Crippen LogP) is 2.96. The molecule has 0 bridgehead atoms. The van der Waals surface area contributed by atoms with Crippen LogP contribution >= 0.6 is 0 Å². The molecule has 1 amide bonds. The topological polar surface area (TPSA) is 63.6 Å². The van der Waals surface area contributed by atoms with Crippen molar-refractivity contribution in [2.45, 2.75) is 32.5 Å². The number of hydrogen-bond donors (Lipinski definition) is 1. The number of carbonyl (C=O) groups excluding carboxylic acids is 1. The van der Waals surface area contributed by atoms with Crippen LogP contribution < -0.4 is 5.43 Å². The van der Waals surface area contributed by atoms with Crippen LogP contribution in [0.1, 0.15) is 32.0 Å². The predicted molar refractivity (Wildman–Crippen MR) is 66.2 cm³/mol. The van der Waals surface area contributed by atoms with Gasteiger partial charge in [-0.15, -0.1) is 0 Å². The molecule has 20 heavy (non-hydrogen) atoms. The molecule has 0 aliphatic carbocycles. The molecule has 5 nitrogen and oxygen atoms in total. The molecule has 0 fully saturated rings. The zero-order valence-corrected chi connectivity index (χ0v) is 11.2. The van der Waals surface area contributed by atoms with Gasteiger partial charge in [-0.3, -0.25) is 4.98 Å². The van der Waals surface area contributed by atoms with Crippen LogP contribution in [0.3, 0.4) is 0 Å². The molecule has 1 heterocycles. The van der Waals surface area contributed by atoms with Crippen molar-refractivity contribution in [2.24, 2.45) is 5.10 Å². The molecule has 1 aromatic rings. The molecule has 0 saturated carbocycles. The normalized spacial score (nSPS) is 12.5. The number of pyridine rings is 1. The maximum Gasteiger partial charge on any atom is 0.428 e. The maximum absolute atomic E-state index is 12.3. The number of hydrogen-bond acceptors (Lipinski definition) is 4. The fourth-order valence-corrected chi connectivity index (χ4v) is 1.10. The lowest BCUT2D eigenvalue weighted by atomic mass is 10.2. The lowest BCUT2D eigenvalue weighted by molar-refractivity contribution is -0.137. The smallest absolute Gasteiger partial charge is 0.428 e. The molecule has 0 saturated heterocycles. The van der Waals surface area contributed by atoms with Gasteiger partial charge < -0.3 is 4.74 Å². The van der Waals surface area contributed by atoms with Crippen molar-refractivity contribution >= 4 is 12.3 Å². The number of amides is 1. The molecule has 0 radical (unpaired) electrons. The van der Waals surface area contributed by atoms with Gasteiger partial charge in [0.05, 0.1) is 17.5 Å². The number of hydrazone groups is 1. The van der Waals surface area contributed by atoms with Crippen molar-refractivity contribution in [3.8, 4) is 0 Å². The van der Waals surface area contributed by atoms with Crippen LogP contribution in [0.5, 0.6) is 0 Å². The quantitative estimate of drug-likeness (QED) is 0.672.